The van der Waals surface area contributed by atoms with Crippen LogP contribution >= 0.6 is 15.9 Å². The molecule has 2 saturated heterocycles. The van der Waals surface area contributed by atoms with Crippen molar-refractivity contribution in [2.24, 2.45) is 0 Å². The average Bonchev–Trinajstić information content (AvgIpc) is 2.78. The van der Waals surface area contributed by atoms with Crippen molar-refractivity contribution < 1.29 is 14.3 Å². The smallest absolute Gasteiger partial charge is 0.226 e. The SMILES string of the molecule is O=C1CC(OC(CBr)C2CO2)N1. The van der Waals surface area contributed by atoms with Crippen molar-refractivity contribution in [1.82, 2.24) is 5.32 Å². The van der Waals surface area contributed by atoms with Crippen molar-refractivity contribution in [1.29, 1.82) is 0 Å². The Hall–Kier alpha value is -0.130. The summed E-state index contributed by atoms with van der Waals surface area (Å²) in [6.45, 7) is 0.775. The van der Waals surface area contributed by atoms with Gasteiger partial charge in [-0.15, -0.1) is 0 Å². The number of rotatable bonds is 4. The second-order valence-electron chi connectivity index (χ2n) is 2.96. The van der Waals surface area contributed by atoms with Crippen LogP contribution in [0, 0.1) is 0 Å². The molecule has 2 aliphatic rings. The van der Waals surface area contributed by atoms with Crippen LogP contribution in [0.5, 0.6) is 0 Å². The van der Waals surface area contributed by atoms with Crippen LogP contribution in [0.1, 0.15) is 6.42 Å². The van der Waals surface area contributed by atoms with Gasteiger partial charge in [0.25, 0.3) is 0 Å². The van der Waals surface area contributed by atoms with E-state index in [-0.39, 0.29) is 24.3 Å². The number of halogens is 1. The average molecular weight is 236 g/mol. The number of alkyl halides is 1. The molecule has 2 rings (SSSR count). The molecule has 0 aliphatic carbocycles. The summed E-state index contributed by atoms with van der Waals surface area (Å²) >= 11 is 3.34. The summed E-state index contributed by atoms with van der Waals surface area (Å²) in [5.74, 6) is 0.0602. The number of carbonyl (C=O) groups is 1. The van der Waals surface area contributed by atoms with Crippen LogP contribution in [-0.4, -0.2) is 36.3 Å². The van der Waals surface area contributed by atoms with E-state index in [4.69, 9.17) is 9.47 Å². The van der Waals surface area contributed by atoms with Crippen molar-refractivity contribution in [2.45, 2.75) is 24.9 Å². The van der Waals surface area contributed by atoms with Gasteiger partial charge in [-0.3, -0.25) is 4.79 Å². The first kappa shape index (κ1) is 8.47. The number of carbonyl (C=O) groups excluding carboxylic acids is 1. The van der Waals surface area contributed by atoms with Crippen molar-refractivity contribution >= 4 is 21.8 Å². The summed E-state index contributed by atoms with van der Waals surface area (Å²) in [5.41, 5.74) is 0. The molecule has 3 unspecified atom stereocenters. The van der Waals surface area contributed by atoms with Crippen molar-refractivity contribution in [2.75, 3.05) is 11.9 Å². The molecule has 0 saturated carbocycles. The number of hydrogen-bond donors (Lipinski definition) is 1. The molecule has 68 valence electrons. The molecule has 0 aromatic rings. The summed E-state index contributed by atoms with van der Waals surface area (Å²) < 4.78 is 10.6. The van der Waals surface area contributed by atoms with Crippen molar-refractivity contribution in [3.63, 3.8) is 0 Å². The summed E-state index contributed by atoms with van der Waals surface area (Å²) in [6.07, 6.45) is 0.692. The summed E-state index contributed by atoms with van der Waals surface area (Å²) in [5, 5.41) is 3.41. The third-order valence-corrected chi connectivity index (χ3v) is 2.60. The van der Waals surface area contributed by atoms with E-state index in [1.165, 1.54) is 0 Å². The van der Waals surface area contributed by atoms with Gasteiger partial charge in [0.2, 0.25) is 5.91 Å². The molecule has 0 aromatic heterocycles. The minimum absolute atomic E-state index is 0.0602. The van der Waals surface area contributed by atoms with E-state index in [1.807, 2.05) is 0 Å². The van der Waals surface area contributed by atoms with Crippen LogP contribution < -0.4 is 5.32 Å². The van der Waals surface area contributed by atoms with E-state index in [1.54, 1.807) is 0 Å². The molecule has 5 heteroatoms. The molecular formula is C7H10BrNO3. The van der Waals surface area contributed by atoms with Crippen LogP contribution in [0.3, 0.4) is 0 Å². The molecule has 2 aliphatic heterocycles. The van der Waals surface area contributed by atoms with Gasteiger partial charge in [-0.2, -0.15) is 0 Å². The van der Waals surface area contributed by atoms with Gasteiger partial charge in [-0.05, 0) is 0 Å². The van der Waals surface area contributed by atoms with Gasteiger partial charge >= 0.3 is 0 Å². The third kappa shape index (κ3) is 1.78. The minimum atomic E-state index is -0.0933. The molecule has 0 radical (unpaired) electrons. The van der Waals surface area contributed by atoms with Gasteiger partial charge in [0.1, 0.15) is 12.3 Å². The lowest BCUT2D eigenvalue weighted by Crippen LogP contribution is -2.52. The first-order valence-corrected chi connectivity index (χ1v) is 5.04. The lowest BCUT2D eigenvalue weighted by molar-refractivity contribution is -0.145. The summed E-state index contributed by atoms with van der Waals surface area (Å²) in [6, 6.07) is 0. The Labute approximate surface area is 78.7 Å². The van der Waals surface area contributed by atoms with Gasteiger partial charge in [0.15, 0.2) is 0 Å². The fraction of sp³-hybridized carbons (Fsp3) is 0.857. The molecule has 0 bridgehead atoms. The maximum absolute atomic E-state index is 10.5. The first-order valence-electron chi connectivity index (χ1n) is 3.92. The van der Waals surface area contributed by atoms with Gasteiger partial charge in [-0.1, -0.05) is 15.9 Å². The Morgan fingerprint density at radius 3 is 2.92 bits per heavy atom. The Balaban J connectivity index is 1.73. The molecule has 1 amide bonds. The minimum Gasteiger partial charge on any atom is -0.370 e. The summed E-state index contributed by atoms with van der Waals surface area (Å²) in [4.78, 5) is 10.5. The zero-order valence-electron chi connectivity index (χ0n) is 6.46. The fourth-order valence-electron chi connectivity index (χ4n) is 1.11. The van der Waals surface area contributed by atoms with Gasteiger partial charge in [0.05, 0.1) is 19.1 Å². The lowest BCUT2D eigenvalue weighted by Gasteiger charge is -2.29. The number of hydrogen-bond acceptors (Lipinski definition) is 3. The van der Waals surface area contributed by atoms with Crippen LogP contribution in [0.15, 0.2) is 0 Å². The predicted octanol–water partition coefficient (Wildman–Crippen LogP) is 0.0113. The van der Waals surface area contributed by atoms with E-state index in [0.29, 0.717) is 6.42 Å². The second kappa shape index (κ2) is 3.32. The fourth-order valence-corrected chi connectivity index (χ4v) is 1.68. The number of ether oxygens (including phenoxy) is 2. The Kier molecular flexibility index (Phi) is 2.34. The number of nitrogens with one attached hydrogen (secondary N) is 1. The maximum Gasteiger partial charge on any atom is 0.226 e. The van der Waals surface area contributed by atoms with E-state index in [9.17, 15) is 4.79 Å². The molecule has 12 heavy (non-hydrogen) atoms. The zero-order chi connectivity index (χ0) is 8.55. The van der Waals surface area contributed by atoms with Crippen molar-refractivity contribution in [3.8, 4) is 0 Å². The number of epoxide rings is 1. The lowest BCUT2D eigenvalue weighted by atomic mass is 10.2. The third-order valence-electron chi connectivity index (χ3n) is 1.96. The van der Waals surface area contributed by atoms with Crippen LogP contribution in [0.25, 0.3) is 0 Å². The Morgan fingerprint density at radius 2 is 2.50 bits per heavy atom. The maximum atomic E-state index is 10.5. The topological polar surface area (TPSA) is 50.9 Å². The van der Waals surface area contributed by atoms with Gasteiger partial charge < -0.3 is 14.8 Å². The molecule has 2 fully saturated rings. The quantitative estimate of drug-likeness (QED) is 0.425. The van der Waals surface area contributed by atoms with E-state index >= 15 is 0 Å². The zero-order valence-corrected chi connectivity index (χ0v) is 8.04. The molecule has 1 N–H and O–H groups in total. The highest BCUT2D eigenvalue weighted by atomic mass is 79.9. The molecule has 0 aromatic carbocycles. The predicted molar refractivity (Wildman–Crippen MR) is 45.0 cm³/mol. The van der Waals surface area contributed by atoms with E-state index in [2.05, 4.69) is 21.2 Å². The Bertz CT molecular complexity index is 187. The van der Waals surface area contributed by atoms with E-state index in [0.717, 1.165) is 11.9 Å². The number of β-lactam (4-membered cyclic amide) rings is 1. The second-order valence-corrected chi connectivity index (χ2v) is 3.61. The normalized spacial score (nSPS) is 35.2. The van der Waals surface area contributed by atoms with Crippen LogP contribution in [-0.2, 0) is 14.3 Å². The van der Waals surface area contributed by atoms with Crippen molar-refractivity contribution in [3.05, 3.63) is 0 Å². The Morgan fingerprint density at radius 1 is 1.83 bits per heavy atom. The summed E-state index contributed by atoms with van der Waals surface area (Å²) in [7, 11) is 0. The standard InChI is InChI=1S/C7H10BrNO3/c8-2-4(5-3-11-5)12-7-1-6(10)9-7/h4-5,7H,1-3H2,(H,9,10). The van der Waals surface area contributed by atoms with Crippen LogP contribution in [0.4, 0.5) is 0 Å². The number of amides is 1. The largest absolute Gasteiger partial charge is 0.370 e. The van der Waals surface area contributed by atoms with Gasteiger partial charge in [0, 0.05) is 5.33 Å². The monoisotopic (exact) mass is 235 g/mol. The molecule has 0 spiro atoms. The highest BCUT2D eigenvalue weighted by Crippen LogP contribution is 2.21. The van der Waals surface area contributed by atoms with Crippen LogP contribution in [0.2, 0.25) is 0 Å². The van der Waals surface area contributed by atoms with Gasteiger partial charge in [-0.25, -0.2) is 0 Å². The molecular weight excluding hydrogens is 226 g/mol. The highest BCUT2D eigenvalue weighted by molar-refractivity contribution is 9.09. The molecule has 4 nitrogen and oxygen atoms in total. The molecule has 3 atom stereocenters. The first-order chi connectivity index (χ1) is 5.79. The van der Waals surface area contributed by atoms with E-state index < -0.39 is 0 Å². The molecule has 2 heterocycles. The highest BCUT2D eigenvalue weighted by Gasteiger charge is 2.37.